The smallest absolute Gasteiger partial charge is 0.291 e. The lowest BCUT2D eigenvalue weighted by Gasteiger charge is -2.03. The average Bonchev–Trinajstić information content (AvgIpc) is 2.02. The molecule has 0 saturated heterocycles. The lowest BCUT2D eigenvalue weighted by Crippen LogP contribution is -1.93. The highest BCUT2D eigenvalue weighted by Crippen LogP contribution is 2.09. The predicted octanol–water partition coefficient (Wildman–Crippen LogP) is 2.61. The van der Waals surface area contributed by atoms with Gasteiger partial charge in [-0.25, -0.2) is 0 Å². The van der Waals surface area contributed by atoms with Gasteiger partial charge in [-0.05, 0) is 32.6 Å². The number of aldehydes is 1. The van der Waals surface area contributed by atoms with Crippen LogP contribution in [0.1, 0.15) is 40.0 Å². The fourth-order valence-corrected chi connectivity index (χ4v) is 0.939. The first kappa shape index (κ1) is 16.1. The molecule has 0 aromatic rings. The van der Waals surface area contributed by atoms with E-state index in [1.54, 1.807) is 0 Å². The maximum atomic E-state index is 10.1. The van der Waals surface area contributed by atoms with Gasteiger partial charge in [-0.15, -0.1) is 10.1 Å². The highest BCUT2D eigenvalue weighted by atomic mass is 16.9. The molecule has 0 aromatic heterocycles. The molecule has 0 aliphatic heterocycles. The summed E-state index contributed by atoms with van der Waals surface area (Å²) in [7, 11) is 0. The second-order valence-corrected chi connectivity index (χ2v) is 3.60. The Balaban J connectivity index is 0. The SMILES string of the molecule is CC(C)=CCCC(C)CC=O.O=[N+]([O-])O. The summed E-state index contributed by atoms with van der Waals surface area (Å²) in [6.07, 6.45) is 6.17. The molecule has 0 bridgehead atoms. The first-order valence-corrected chi connectivity index (χ1v) is 4.80. The van der Waals surface area contributed by atoms with Crippen LogP contribution in [0, 0.1) is 16.0 Å². The standard InChI is InChI=1S/C10H18O.HNO3/c1-9(2)5-4-6-10(3)7-8-11;2-1(3)4/h5,8,10H,4,6-7H2,1-3H3;(H,2,3,4). The molecule has 1 atom stereocenters. The molecule has 0 fully saturated rings. The molecule has 0 radical (unpaired) electrons. The Hall–Kier alpha value is -1.39. The third-order valence-electron chi connectivity index (χ3n) is 1.71. The molecular weight excluding hydrogens is 198 g/mol. The number of nitrogens with zero attached hydrogens (tertiary/aromatic N) is 1. The highest BCUT2D eigenvalue weighted by molar-refractivity contribution is 5.49. The van der Waals surface area contributed by atoms with Crippen LogP contribution in [0.4, 0.5) is 0 Å². The molecule has 5 heteroatoms. The number of hydrogen-bond donors (Lipinski definition) is 1. The van der Waals surface area contributed by atoms with Gasteiger partial charge < -0.3 is 10.0 Å². The molecule has 0 saturated carbocycles. The van der Waals surface area contributed by atoms with Crippen molar-refractivity contribution in [2.24, 2.45) is 5.92 Å². The summed E-state index contributed by atoms with van der Waals surface area (Å²) < 4.78 is 0. The van der Waals surface area contributed by atoms with Crippen molar-refractivity contribution in [3.05, 3.63) is 21.8 Å². The van der Waals surface area contributed by atoms with Crippen molar-refractivity contribution in [2.75, 3.05) is 0 Å². The van der Waals surface area contributed by atoms with Crippen molar-refractivity contribution in [1.29, 1.82) is 0 Å². The van der Waals surface area contributed by atoms with Gasteiger partial charge in [0.15, 0.2) is 0 Å². The van der Waals surface area contributed by atoms with Crippen molar-refractivity contribution in [1.82, 2.24) is 0 Å². The molecule has 0 spiro atoms. The minimum atomic E-state index is -1.50. The number of allylic oxidation sites excluding steroid dienone is 2. The van der Waals surface area contributed by atoms with E-state index >= 15 is 0 Å². The summed E-state index contributed by atoms with van der Waals surface area (Å²) in [6.45, 7) is 6.32. The van der Waals surface area contributed by atoms with Gasteiger partial charge in [0.05, 0.1) is 0 Å². The monoisotopic (exact) mass is 217 g/mol. The summed E-state index contributed by atoms with van der Waals surface area (Å²) in [4.78, 5) is 18.5. The number of carbonyl (C=O) groups is 1. The van der Waals surface area contributed by atoms with Gasteiger partial charge in [0.25, 0.3) is 5.09 Å². The zero-order valence-electron chi connectivity index (χ0n) is 9.47. The van der Waals surface area contributed by atoms with Gasteiger partial charge in [-0.2, -0.15) is 0 Å². The number of rotatable bonds is 5. The van der Waals surface area contributed by atoms with Gasteiger partial charge >= 0.3 is 0 Å². The van der Waals surface area contributed by atoms with E-state index in [9.17, 15) is 4.79 Å². The molecule has 1 N–H and O–H groups in total. The first-order valence-electron chi connectivity index (χ1n) is 4.80. The average molecular weight is 217 g/mol. The fourth-order valence-electron chi connectivity index (χ4n) is 0.939. The Morgan fingerprint density at radius 2 is 2.00 bits per heavy atom. The third-order valence-corrected chi connectivity index (χ3v) is 1.71. The molecule has 5 nitrogen and oxygen atoms in total. The van der Waals surface area contributed by atoms with Crippen LogP contribution in [0.25, 0.3) is 0 Å². The third kappa shape index (κ3) is 24.5. The van der Waals surface area contributed by atoms with E-state index in [4.69, 9.17) is 15.3 Å². The first-order chi connectivity index (χ1) is 6.90. The quantitative estimate of drug-likeness (QED) is 0.332. The summed E-state index contributed by atoms with van der Waals surface area (Å²) >= 11 is 0. The molecule has 0 heterocycles. The van der Waals surface area contributed by atoms with Crippen LogP contribution in [-0.2, 0) is 4.79 Å². The van der Waals surface area contributed by atoms with E-state index in [1.165, 1.54) is 5.57 Å². The Morgan fingerprint density at radius 3 is 2.33 bits per heavy atom. The summed E-state index contributed by atoms with van der Waals surface area (Å²) in [5.74, 6) is 0.545. The fraction of sp³-hybridized carbons (Fsp3) is 0.700. The summed E-state index contributed by atoms with van der Waals surface area (Å²) in [5, 5.41) is 13.6. The molecule has 0 amide bonds. The summed E-state index contributed by atoms with van der Waals surface area (Å²) in [6, 6.07) is 0. The van der Waals surface area contributed by atoms with Gasteiger partial charge in [0.2, 0.25) is 0 Å². The Morgan fingerprint density at radius 1 is 1.53 bits per heavy atom. The molecule has 0 rings (SSSR count). The molecule has 0 aliphatic rings. The Labute approximate surface area is 89.9 Å². The van der Waals surface area contributed by atoms with E-state index in [1.807, 2.05) is 0 Å². The van der Waals surface area contributed by atoms with Crippen LogP contribution in [0.3, 0.4) is 0 Å². The van der Waals surface area contributed by atoms with E-state index < -0.39 is 5.09 Å². The maximum absolute atomic E-state index is 10.1. The second kappa shape index (κ2) is 10.7. The highest BCUT2D eigenvalue weighted by Gasteiger charge is 1.98. The topological polar surface area (TPSA) is 80.4 Å². The van der Waals surface area contributed by atoms with Crippen LogP contribution in [0.5, 0.6) is 0 Å². The minimum Gasteiger partial charge on any atom is -0.328 e. The normalized spacial score (nSPS) is 10.6. The molecule has 88 valence electrons. The van der Waals surface area contributed by atoms with Crippen LogP contribution in [0.2, 0.25) is 0 Å². The zero-order valence-corrected chi connectivity index (χ0v) is 9.47. The van der Waals surface area contributed by atoms with Crippen LogP contribution in [0.15, 0.2) is 11.6 Å². The van der Waals surface area contributed by atoms with Gasteiger partial charge in [-0.3, -0.25) is 0 Å². The molecule has 1 unspecified atom stereocenters. The van der Waals surface area contributed by atoms with Crippen LogP contribution < -0.4 is 0 Å². The van der Waals surface area contributed by atoms with E-state index in [-0.39, 0.29) is 0 Å². The van der Waals surface area contributed by atoms with Crippen LogP contribution >= 0.6 is 0 Å². The van der Waals surface area contributed by atoms with Gasteiger partial charge in [0.1, 0.15) is 6.29 Å². The van der Waals surface area contributed by atoms with Crippen molar-refractivity contribution in [2.45, 2.75) is 40.0 Å². The van der Waals surface area contributed by atoms with E-state index in [0.29, 0.717) is 12.3 Å². The van der Waals surface area contributed by atoms with Crippen molar-refractivity contribution in [3.63, 3.8) is 0 Å². The Bertz CT molecular complexity index is 205. The molecular formula is C10H19NO4. The van der Waals surface area contributed by atoms with Crippen molar-refractivity contribution >= 4 is 6.29 Å². The van der Waals surface area contributed by atoms with Crippen LogP contribution in [-0.4, -0.2) is 16.6 Å². The lowest BCUT2D eigenvalue weighted by molar-refractivity contribution is -0.742. The van der Waals surface area contributed by atoms with Gasteiger partial charge in [0, 0.05) is 6.42 Å². The second-order valence-electron chi connectivity index (χ2n) is 3.60. The van der Waals surface area contributed by atoms with Crippen molar-refractivity contribution < 1.29 is 15.1 Å². The summed E-state index contributed by atoms with van der Waals surface area (Å²) in [5.41, 5.74) is 1.36. The van der Waals surface area contributed by atoms with E-state index in [0.717, 1.165) is 19.1 Å². The zero-order chi connectivity index (χ0) is 12.3. The molecule has 0 aromatic carbocycles. The molecule has 0 aliphatic carbocycles. The van der Waals surface area contributed by atoms with E-state index in [2.05, 4.69) is 26.8 Å². The largest absolute Gasteiger partial charge is 0.328 e. The van der Waals surface area contributed by atoms with Crippen molar-refractivity contribution in [3.8, 4) is 0 Å². The number of hydrogen-bond acceptors (Lipinski definition) is 3. The number of carbonyl (C=O) groups excluding carboxylic acids is 1. The predicted molar refractivity (Wildman–Crippen MR) is 57.3 cm³/mol. The Kier molecular flexibility index (Phi) is 11.4. The maximum Gasteiger partial charge on any atom is 0.291 e. The van der Waals surface area contributed by atoms with Gasteiger partial charge in [-0.1, -0.05) is 18.6 Å². The minimum absolute atomic E-state index is 0.545. The molecule has 15 heavy (non-hydrogen) atoms. The lowest BCUT2D eigenvalue weighted by atomic mass is 10.0.